The van der Waals surface area contributed by atoms with Gasteiger partial charge in [-0.15, -0.1) is 11.3 Å². The lowest BCUT2D eigenvalue weighted by atomic mass is 9.93. The van der Waals surface area contributed by atoms with E-state index in [-0.39, 0.29) is 11.5 Å². The third kappa shape index (κ3) is 3.70. The van der Waals surface area contributed by atoms with E-state index < -0.39 is 0 Å². The first kappa shape index (κ1) is 16.1. The van der Waals surface area contributed by atoms with Crippen molar-refractivity contribution in [2.24, 2.45) is 5.84 Å². The molecule has 0 bridgehead atoms. The standard InChI is InChI=1S/C17H25N3S/c1-11-7-6-8-13(12(11)2)14(20-18)9-16-19-15(10-21-16)17(3,4)5/h6-8,10,14,20H,9,18H2,1-5H3. The van der Waals surface area contributed by atoms with E-state index in [1.54, 1.807) is 11.3 Å². The molecule has 1 unspecified atom stereocenters. The quantitative estimate of drug-likeness (QED) is 0.667. The summed E-state index contributed by atoms with van der Waals surface area (Å²) in [5.74, 6) is 5.79. The Bertz CT molecular complexity index is 611. The molecule has 4 heteroatoms. The van der Waals surface area contributed by atoms with Crippen LogP contribution in [0.2, 0.25) is 0 Å². The molecule has 0 amide bonds. The number of hydrogen-bond acceptors (Lipinski definition) is 4. The van der Waals surface area contributed by atoms with Crippen LogP contribution in [0.1, 0.15) is 54.2 Å². The van der Waals surface area contributed by atoms with Crippen LogP contribution < -0.4 is 11.3 Å². The number of hydrazine groups is 1. The minimum atomic E-state index is 0.0969. The van der Waals surface area contributed by atoms with Crippen LogP contribution in [-0.4, -0.2) is 4.98 Å². The molecule has 0 radical (unpaired) electrons. The van der Waals surface area contributed by atoms with Crippen LogP contribution in [0.15, 0.2) is 23.6 Å². The fourth-order valence-corrected chi connectivity index (χ4v) is 3.40. The van der Waals surface area contributed by atoms with Gasteiger partial charge in [0.1, 0.15) is 0 Å². The van der Waals surface area contributed by atoms with E-state index in [2.05, 4.69) is 63.6 Å². The maximum Gasteiger partial charge on any atom is 0.0948 e. The first-order valence-electron chi connectivity index (χ1n) is 7.30. The van der Waals surface area contributed by atoms with Crippen LogP contribution >= 0.6 is 11.3 Å². The van der Waals surface area contributed by atoms with Crippen molar-refractivity contribution in [3.63, 3.8) is 0 Å². The highest BCUT2D eigenvalue weighted by atomic mass is 32.1. The monoisotopic (exact) mass is 303 g/mol. The second-order valence-electron chi connectivity index (χ2n) is 6.59. The van der Waals surface area contributed by atoms with Gasteiger partial charge in [-0.3, -0.25) is 11.3 Å². The molecule has 0 saturated carbocycles. The van der Waals surface area contributed by atoms with Crippen LogP contribution in [0.4, 0.5) is 0 Å². The van der Waals surface area contributed by atoms with E-state index in [1.165, 1.54) is 16.7 Å². The summed E-state index contributed by atoms with van der Waals surface area (Å²) in [6.45, 7) is 10.9. The second-order valence-corrected chi connectivity index (χ2v) is 7.53. The maximum absolute atomic E-state index is 5.79. The van der Waals surface area contributed by atoms with Gasteiger partial charge in [-0.05, 0) is 30.5 Å². The number of aromatic nitrogens is 1. The molecule has 1 heterocycles. The molecule has 0 aliphatic heterocycles. The molecule has 0 spiro atoms. The molecule has 0 saturated heterocycles. The van der Waals surface area contributed by atoms with Crippen LogP contribution in [0.5, 0.6) is 0 Å². The summed E-state index contributed by atoms with van der Waals surface area (Å²) in [5.41, 5.74) is 8.05. The largest absolute Gasteiger partial charge is 0.271 e. The van der Waals surface area contributed by atoms with Crippen molar-refractivity contribution >= 4 is 11.3 Å². The molecule has 1 aromatic heterocycles. The molecule has 2 rings (SSSR count). The molecule has 0 fully saturated rings. The zero-order valence-electron chi connectivity index (χ0n) is 13.5. The number of nitrogens with two attached hydrogens (primary N) is 1. The molecule has 3 N–H and O–H groups in total. The van der Waals surface area contributed by atoms with Gasteiger partial charge in [0, 0.05) is 17.2 Å². The molecule has 21 heavy (non-hydrogen) atoms. The van der Waals surface area contributed by atoms with Crippen molar-refractivity contribution in [3.8, 4) is 0 Å². The van der Waals surface area contributed by atoms with Gasteiger partial charge in [-0.2, -0.15) is 0 Å². The van der Waals surface area contributed by atoms with E-state index in [0.717, 1.165) is 17.1 Å². The van der Waals surface area contributed by atoms with E-state index in [4.69, 9.17) is 10.8 Å². The smallest absolute Gasteiger partial charge is 0.0948 e. The molecular formula is C17H25N3S. The summed E-state index contributed by atoms with van der Waals surface area (Å²) >= 11 is 1.72. The minimum Gasteiger partial charge on any atom is -0.271 e. The predicted molar refractivity (Wildman–Crippen MR) is 90.5 cm³/mol. The summed E-state index contributed by atoms with van der Waals surface area (Å²) in [7, 11) is 0. The summed E-state index contributed by atoms with van der Waals surface area (Å²) in [5, 5.41) is 3.29. The van der Waals surface area contributed by atoms with Gasteiger partial charge in [-0.1, -0.05) is 39.0 Å². The van der Waals surface area contributed by atoms with Gasteiger partial charge in [-0.25, -0.2) is 4.98 Å². The fourth-order valence-electron chi connectivity index (χ4n) is 2.33. The van der Waals surface area contributed by atoms with Crippen molar-refractivity contribution in [1.29, 1.82) is 0 Å². The average Bonchev–Trinajstić information content (AvgIpc) is 2.88. The molecular weight excluding hydrogens is 278 g/mol. The summed E-state index contributed by atoms with van der Waals surface area (Å²) in [6.07, 6.45) is 0.821. The number of thiazole rings is 1. The molecule has 0 aliphatic rings. The van der Waals surface area contributed by atoms with Crippen molar-refractivity contribution in [2.45, 2.75) is 52.5 Å². The zero-order chi connectivity index (χ0) is 15.6. The van der Waals surface area contributed by atoms with Crippen LogP contribution in [0.3, 0.4) is 0 Å². The third-order valence-electron chi connectivity index (χ3n) is 3.92. The maximum atomic E-state index is 5.79. The van der Waals surface area contributed by atoms with Gasteiger partial charge in [0.25, 0.3) is 0 Å². The summed E-state index contributed by atoms with van der Waals surface area (Å²) in [4.78, 5) is 4.77. The van der Waals surface area contributed by atoms with E-state index >= 15 is 0 Å². The Labute approximate surface area is 131 Å². The molecule has 0 aliphatic carbocycles. The number of hydrogen-bond donors (Lipinski definition) is 2. The van der Waals surface area contributed by atoms with Crippen LogP contribution in [-0.2, 0) is 11.8 Å². The van der Waals surface area contributed by atoms with Gasteiger partial charge >= 0.3 is 0 Å². The second kappa shape index (κ2) is 6.26. The average molecular weight is 303 g/mol. The van der Waals surface area contributed by atoms with E-state index in [9.17, 15) is 0 Å². The van der Waals surface area contributed by atoms with Gasteiger partial charge in [0.15, 0.2) is 0 Å². The molecule has 1 atom stereocenters. The van der Waals surface area contributed by atoms with E-state index in [0.29, 0.717) is 0 Å². The topological polar surface area (TPSA) is 50.9 Å². The highest BCUT2D eigenvalue weighted by Gasteiger charge is 2.20. The molecule has 2 aromatic rings. The SMILES string of the molecule is Cc1cccc(C(Cc2nc(C(C)(C)C)cs2)NN)c1C. The summed E-state index contributed by atoms with van der Waals surface area (Å²) < 4.78 is 0. The first-order chi connectivity index (χ1) is 9.82. The Balaban J connectivity index is 2.23. The third-order valence-corrected chi connectivity index (χ3v) is 4.79. The number of nitrogens with zero attached hydrogens (tertiary/aromatic N) is 1. The number of benzene rings is 1. The Hall–Kier alpha value is -1.23. The van der Waals surface area contributed by atoms with Crippen molar-refractivity contribution in [2.75, 3.05) is 0 Å². The molecule has 1 aromatic carbocycles. The minimum absolute atomic E-state index is 0.0969. The zero-order valence-corrected chi connectivity index (χ0v) is 14.3. The Morgan fingerprint density at radius 2 is 2.00 bits per heavy atom. The number of rotatable bonds is 4. The molecule has 114 valence electrons. The van der Waals surface area contributed by atoms with Crippen molar-refractivity contribution < 1.29 is 0 Å². The van der Waals surface area contributed by atoms with Gasteiger partial charge < -0.3 is 0 Å². The predicted octanol–water partition coefficient (Wildman–Crippen LogP) is 3.80. The lowest BCUT2D eigenvalue weighted by molar-refractivity contribution is 0.539. The highest BCUT2D eigenvalue weighted by molar-refractivity contribution is 7.09. The van der Waals surface area contributed by atoms with Gasteiger partial charge in [0.05, 0.1) is 16.7 Å². The number of nitrogens with one attached hydrogen (secondary N) is 1. The Morgan fingerprint density at radius 1 is 1.29 bits per heavy atom. The lowest BCUT2D eigenvalue weighted by Crippen LogP contribution is -2.30. The van der Waals surface area contributed by atoms with Crippen LogP contribution in [0, 0.1) is 13.8 Å². The highest BCUT2D eigenvalue weighted by Crippen LogP contribution is 2.28. The Kier molecular flexibility index (Phi) is 4.81. The normalized spacial score (nSPS) is 13.4. The van der Waals surface area contributed by atoms with Gasteiger partial charge in [0.2, 0.25) is 0 Å². The Morgan fingerprint density at radius 3 is 2.57 bits per heavy atom. The van der Waals surface area contributed by atoms with E-state index in [1.807, 2.05) is 0 Å². The first-order valence-corrected chi connectivity index (χ1v) is 8.18. The summed E-state index contributed by atoms with van der Waals surface area (Å²) in [6, 6.07) is 6.46. The van der Waals surface area contributed by atoms with Crippen LogP contribution in [0.25, 0.3) is 0 Å². The molecule has 3 nitrogen and oxygen atoms in total. The fraction of sp³-hybridized carbons (Fsp3) is 0.471. The van der Waals surface area contributed by atoms with Crippen molar-refractivity contribution in [1.82, 2.24) is 10.4 Å². The van der Waals surface area contributed by atoms with Crippen molar-refractivity contribution in [3.05, 3.63) is 51.0 Å². The lowest BCUT2D eigenvalue weighted by Gasteiger charge is -2.19. The number of aryl methyl sites for hydroxylation is 1.